The van der Waals surface area contributed by atoms with Crippen molar-refractivity contribution in [3.05, 3.63) is 85.2 Å². The SMILES string of the molecule is CCOC(=O)CCn1c(=O)[nH]/c(=N\c2ccc(OC3CCC3)c(C)c2)n(Cc2ccc(Cl)cc2)c1=O. The number of carbonyl (C=O) groups excluding carboxylic acids is 1. The summed E-state index contributed by atoms with van der Waals surface area (Å²) in [6.45, 7) is 3.89. The van der Waals surface area contributed by atoms with E-state index in [-0.39, 0.29) is 37.8 Å². The molecule has 10 heteroatoms. The maximum atomic E-state index is 13.4. The number of hydrogen-bond acceptors (Lipinski definition) is 6. The fraction of sp³-hybridized carbons (Fsp3) is 0.385. The molecule has 0 aliphatic heterocycles. The second-order valence-electron chi connectivity index (χ2n) is 8.69. The van der Waals surface area contributed by atoms with E-state index < -0.39 is 17.3 Å². The van der Waals surface area contributed by atoms with Crippen molar-refractivity contribution in [2.45, 2.75) is 58.7 Å². The van der Waals surface area contributed by atoms with Crippen LogP contribution < -0.4 is 21.7 Å². The third-order valence-electron chi connectivity index (χ3n) is 6.02. The predicted octanol–water partition coefficient (Wildman–Crippen LogP) is 3.47. The zero-order chi connectivity index (χ0) is 25.7. The molecule has 0 radical (unpaired) electrons. The molecule has 0 spiro atoms. The van der Waals surface area contributed by atoms with Crippen LogP contribution in [-0.4, -0.2) is 32.8 Å². The van der Waals surface area contributed by atoms with Crippen LogP contribution in [0.2, 0.25) is 5.02 Å². The maximum absolute atomic E-state index is 13.4. The van der Waals surface area contributed by atoms with E-state index in [1.807, 2.05) is 19.1 Å². The van der Waals surface area contributed by atoms with Crippen molar-refractivity contribution < 1.29 is 14.3 Å². The van der Waals surface area contributed by atoms with E-state index in [1.165, 1.54) is 11.0 Å². The Morgan fingerprint density at radius 2 is 1.89 bits per heavy atom. The fourth-order valence-corrected chi connectivity index (χ4v) is 3.94. The highest BCUT2D eigenvalue weighted by molar-refractivity contribution is 6.30. The number of benzene rings is 2. The number of nitrogens with zero attached hydrogens (tertiary/aromatic N) is 3. The van der Waals surface area contributed by atoms with E-state index in [2.05, 4.69) is 9.98 Å². The number of ether oxygens (including phenoxy) is 2. The second kappa shape index (κ2) is 11.4. The van der Waals surface area contributed by atoms with Gasteiger partial charge in [0.1, 0.15) is 5.75 Å². The molecule has 9 nitrogen and oxygen atoms in total. The highest BCUT2D eigenvalue weighted by Crippen LogP contribution is 2.29. The molecule has 36 heavy (non-hydrogen) atoms. The minimum absolute atomic E-state index is 0.0967. The summed E-state index contributed by atoms with van der Waals surface area (Å²) in [4.78, 5) is 45.3. The van der Waals surface area contributed by atoms with Gasteiger partial charge in [-0.3, -0.25) is 14.3 Å². The molecule has 4 rings (SSSR count). The normalized spacial score (nSPS) is 13.9. The van der Waals surface area contributed by atoms with Gasteiger partial charge in [-0.25, -0.2) is 19.1 Å². The van der Waals surface area contributed by atoms with Crippen LogP contribution in [0.25, 0.3) is 0 Å². The molecule has 2 aromatic carbocycles. The Hall–Kier alpha value is -3.59. The summed E-state index contributed by atoms with van der Waals surface area (Å²) in [7, 11) is 0. The summed E-state index contributed by atoms with van der Waals surface area (Å²) in [5.41, 5.74) is 1.13. The molecule has 0 atom stereocenters. The number of carbonyl (C=O) groups is 1. The Balaban J connectivity index is 1.73. The topological polar surface area (TPSA) is 108 Å². The Morgan fingerprint density at radius 3 is 2.53 bits per heavy atom. The minimum Gasteiger partial charge on any atom is -0.490 e. The van der Waals surface area contributed by atoms with Gasteiger partial charge >= 0.3 is 17.3 Å². The largest absolute Gasteiger partial charge is 0.490 e. The average molecular weight is 513 g/mol. The lowest BCUT2D eigenvalue weighted by Gasteiger charge is -2.27. The van der Waals surface area contributed by atoms with E-state index in [0.717, 1.165) is 34.3 Å². The van der Waals surface area contributed by atoms with Gasteiger partial charge in [0.25, 0.3) is 0 Å². The van der Waals surface area contributed by atoms with Crippen LogP contribution in [0.4, 0.5) is 5.69 Å². The summed E-state index contributed by atoms with van der Waals surface area (Å²) in [6.07, 6.45) is 3.46. The van der Waals surface area contributed by atoms with E-state index in [1.54, 1.807) is 37.3 Å². The molecule has 1 N–H and O–H groups in total. The lowest BCUT2D eigenvalue weighted by atomic mass is 9.96. The van der Waals surface area contributed by atoms with E-state index in [0.29, 0.717) is 10.7 Å². The molecular weight excluding hydrogens is 484 g/mol. The molecule has 1 aromatic heterocycles. The predicted molar refractivity (Wildman–Crippen MR) is 136 cm³/mol. The van der Waals surface area contributed by atoms with Gasteiger partial charge in [0.2, 0.25) is 5.62 Å². The first-order valence-electron chi connectivity index (χ1n) is 12.0. The Bertz CT molecular complexity index is 1420. The molecule has 3 aromatic rings. The first-order valence-corrected chi connectivity index (χ1v) is 12.4. The molecule has 1 aliphatic rings. The summed E-state index contributed by atoms with van der Waals surface area (Å²) in [6, 6.07) is 12.5. The van der Waals surface area contributed by atoms with Crippen LogP contribution in [0.5, 0.6) is 5.75 Å². The van der Waals surface area contributed by atoms with Gasteiger partial charge in [0.15, 0.2) is 0 Å². The van der Waals surface area contributed by atoms with E-state index >= 15 is 0 Å². The van der Waals surface area contributed by atoms with Crippen molar-refractivity contribution in [1.82, 2.24) is 14.1 Å². The summed E-state index contributed by atoms with van der Waals surface area (Å²) < 4.78 is 13.3. The number of aryl methyl sites for hydroxylation is 1. The first kappa shape index (κ1) is 25.5. The maximum Gasteiger partial charge on any atom is 0.335 e. The molecule has 0 bridgehead atoms. The zero-order valence-electron chi connectivity index (χ0n) is 20.3. The standard InChI is InChI=1S/C26H29ClN4O5/c1-3-35-23(32)13-14-30-25(33)29-24(31(26(30)34)16-18-7-9-19(27)10-8-18)28-20-11-12-22(17(2)15-20)36-21-5-4-6-21/h7-12,15,21H,3-6,13-14,16H2,1-2H3,(H,28,29,33). The molecule has 1 aliphatic carbocycles. The number of esters is 1. The van der Waals surface area contributed by atoms with E-state index in [9.17, 15) is 14.4 Å². The van der Waals surface area contributed by atoms with Gasteiger partial charge in [0.05, 0.1) is 31.4 Å². The molecule has 0 saturated heterocycles. The van der Waals surface area contributed by atoms with Crippen molar-refractivity contribution in [2.75, 3.05) is 6.61 Å². The van der Waals surface area contributed by atoms with Crippen molar-refractivity contribution in [3.8, 4) is 5.75 Å². The van der Waals surface area contributed by atoms with Gasteiger partial charge in [-0.05, 0) is 74.6 Å². The van der Waals surface area contributed by atoms with Gasteiger partial charge < -0.3 is 9.47 Å². The number of halogens is 1. The number of rotatable bonds is 9. The van der Waals surface area contributed by atoms with E-state index in [4.69, 9.17) is 21.1 Å². The van der Waals surface area contributed by atoms with Gasteiger partial charge in [-0.1, -0.05) is 23.7 Å². The molecule has 1 fully saturated rings. The summed E-state index contributed by atoms with van der Waals surface area (Å²) in [5.74, 6) is 0.317. The highest BCUT2D eigenvalue weighted by Gasteiger charge is 2.20. The Labute approximate surface area is 213 Å². The van der Waals surface area contributed by atoms with Crippen molar-refractivity contribution in [3.63, 3.8) is 0 Å². The number of aromatic nitrogens is 3. The van der Waals surface area contributed by atoms with Crippen molar-refractivity contribution in [1.29, 1.82) is 0 Å². The van der Waals surface area contributed by atoms with Gasteiger partial charge in [0, 0.05) is 11.6 Å². The third-order valence-corrected chi connectivity index (χ3v) is 6.27. The minimum atomic E-state index is -0.655. The van der Waals surface area contributed by atoms with Gasteiger partial charge in [-0.2, -0.15) is 0 Å². The number of H-pyrrole nitrogens is 1. The molecule has 1 saturated carbocycles. The third kappa shape index (κ3) is 6.15. The lowest BCUT2D eigenvalue weighted by molar-refractivity contribution is -0.143. The number of nitrogens with one attached hydrogen (secondary N) is 1. The van der Waals surface area contributed by atoms with Crippen LogP contribution in [0.1, 0.15) is 43.7 Å². The summed E-state index contributed by atoms with van der Waals surface area (Å²) in [5, 5.41) is 0.571. The Kier molecular flexibility index (Phi) is 8.10. The van der Waals surface area contributed by atoms with Crippen LogP contribution in [0, 0.1) is 6.92 Å². The second-order valence-corrected chi connectivity index (χ2v) is 9.12. The van der Waals surface area contributed by atoms with Gasteiger partial charge in [-0.15, -0.1) is 0 Å². The molecular formula is C26H29ClN4O5. The van der Waals surface area contributed by atoms with Crippen LogP contribution >= 0.6 is 11.6 Å². The molecule has 0 amide bonds. The van der Waals surface area contributed by atoms with Crippen LogP contribution in [-0.2, 0) is 22.6 Å². The van der Waals surface area contributed by atoms with Crippen molar-refractivity contribution >= 4 is 23.3 Å². The zero-order valence-corrected chi connectivity index (χ0v) is 21.1. The van der Waals surface area contributed by atoms with Crippen molar-refractivity contribution in [2.24, 2.45) is 4.99 Å². The van der Waals surface area contributed by atoms with Crippen LogP contribution in [0.3, 0.4) is 0 Å². The highest BCUT2D eigenvalue weighted by atomic mass is 35.5. The molecule has 190 valence electrons. The lowest BCUT2D eigenvalue weighted by Crippen LogP contribution is -2.50. The molecule has 0 unspecified atom stereocenters. The first-order chi connectivity index (χ1) is 17.3. The Morgan fingerprint density at radius 1 is 1.14 bits per heavy atom. The monoisotopic (exact) mass is 512 g/mol. The fourth-order valence-electron chi connectivity index (χ4n) is 3.82. The quantitative estimate of drug-likeness (QED) is 0.442. The number of hydrogen-bond donors (Lipinski definition) is 1. The van der Waals surface area contributed by atoms with Crippen LogP contribution in [0.15, 0.2) is 57.0 Å². The number of aromatic amines is 1. The average Bonchev–Trinajstić information content (AvgIpc) is 2.81. The smallest absolute Gasteiger partial charge is 0.335 e. The summed E-state index contributed by atoms with van der Waals surface area (Å²) >= 11 is 6.01. The molecule has 1 heterocycles.